The molecule has 0 radical (unpaired) electrons. The zero-order valence-corrected chi connectivity index (χ0v) is 14.0. The number of amides is 1. The van der Waals surface area contributed by atoms with Crippen LogP contribution in [-0.2, 0) is 6.42 Å². The third-order valence-electron chi connectivity index (χ3n) is 4.01. The fraction of sp³-hybridized carbons (Fsp3) is 0.118. The van der Waals surface area contributed by atoms with Crippen LogP contribution in [0.25, 0.3) is 17.1 Å². The van der Waals surface area contributed by atoms with Crippen molar-refractivity contribution in [2.24, 2.45) is 0 Å². The van der Waals surface area contributed by atoms with Gasteiger partial charge in [-0.3, -0.25) is 14.3 Å². The Morgan fingerprint density at radius 1 is 1.17 bits per heavy atom. The lowest BCUT2D eigenvalue weighted by Gasteiger charge is -2.18. The molecule has 24 heavy (non-hydrogen) atoms. The molecular weight excluding hydrogens is 347 g/mol. The quantitative estimate of drug-likeness (QED) is 0.762. The third-order valence-corrected chi connectivity index (χ3v) is 4.59. The van der Waals surface area contributed by atoms with Crippen molar-refractivity contribution in [2.45, 2.75) is 6.42 Å². The van der Waals surface area contributed by atoms with Crippen LogP contribution in [-0.4, -0.2) is 27.0 Å². The first-order valence-electron chi connectivity index (χ1n) is 7.39. The lowest BCUT2D eigenvalue weighted by molar-refractivity contribution is 0.0946. The van der Waals surface area contributed by atoms with Crippen LogP contribution < -0.4 is 5.32 Å². The standard InChI is InChI=1S/C17H12Cl2N4O/c18-13-8-20-9-14(19)15(13)16-21-5-6-23(16)11-2-1-10-3-4-22-17(24)12(10)7-11/h1-2,5-9H,3-4H2,(H,22,24). The third kappa shape index (κ3) is 2.46. The SMILES string of the molecule is O=C1NCCc2ccc(-n3ccnc3-c3c(Cl)cncc3Cl)cc21. The Morgan fingerprint density at radius 3 is 2.75 bits per heavy atom. The minimum Gasteiger partial charge on any atom is -0.352 e. The first-order chi connectivity index (χ1) is 11.6. The number of fused-ring (bicyclic) bond motifs is 1. The van der Waals surface area contributed by atoms with Gasteiger partial charge in [0.25, 0.3) is 5.91 Å². The Bertz CT molecular complexity index is 931. The Labute approximate surface area is 148 Å². The molecule has 4 rings (SSSR count). The summed E-state index contributed by atoms with van der Waals surface area (Å²) < 4.78 is 1.86. The predicted molar refractivity (Wildman–Crippen MR) is 92.9 cm³/mol. The number of hydrogen-bond donors (Lipinski definition) is 1. The number of carbonyl (C=O) groups is 1. The highest BCUT2D eigenvalue weighted by Crippen LogP contribution is 2.34. The first-order valence-corrected chi connectivity index (χ1v) is 8.15. The molecule has 5 nitrogen and oxygen atoms in total. The molecule has 0 saturated carbocycles. The predicted octanol–water partition coefficient (Wildman–Crippen LogP) is 3.53. The highest BCUT2D eigenvalue weighted by Gasteiger charge is 2.19. The molecule has 0 atom stereocenters. The molecule has 0 unspecified atom stereocenters. The lowest BCUT2D eigenvalue weighted by atomic mass is 9.99. The molecule has 1 N–H and O–H groups in total. The van der Waals surface area contributed by atoms with E-state index < -0.39 is 0 Å². The van der Waals surface area contributed by atoms with Crippen molar-refractivity contribution in [1.82, 2.24) is 19.9 Å². The first kappa shape index (κ1) is 15.2. The fourth-order valence-electron chi connectivity index (χ4n) is 2.87. The molecule has 2 aromatic heterocycles. The molecular formula is C17H12Cl2N4O. The Kier molecular flexibility index (Phi) is 3.75. The molecule has 3 heterocycles. The largest absolute Gasteiger partial charge is 0.352 e. The fourth-order valence-corrected chi connectivity index (χ4v) is 3.40. The summed E-state index contributed by atoms with van der Waals surface area (Å²) in [7, 11) is 0. The van der Waals surface area contributed by atoms with Gasteiger partial charge < -0.3 is 5.32 Å². The Hall–Kier alpha value is -2.37. The summed E-state index contributed by atoms with van der Waals surface area (Å²) in [6, 6.07) is 5.80. The van der Waals surface area contributed by atoms with E-state index in [1.807, 2.05) is 29.0 Å². The van der Waals surface area contributed by atoms with Gasteiger partial charge in [-0.1, -0.05) is 29.3 Å². The number of imidazole rings is 1. The van der Waals surface area contributed by atoms with Crippen molar-refractivity contribution in [1.29, 1.82) is 0 Å². The highest BCUT2D eigenvalue weighted by molar-refractivity contribution is 6.38. The van der Waals surface area contributed by atoms with Crippen molar-refractivity contribution in [3.8, 4) is 17.1 Å². The van der Waals surface area contributed by atoms with E-state index in [0.29, 0.717) is 33.5 Å². The zero-order chi connectivity index (χ0) is 16.7. The van der Waals surface area contributed by atoms with Gasteiger partial charge in [-0.25, -0.2) is 4.98 Å². The highest BCUT2D eigenvalue weighted by atomic mass is 35.5. The maximum atomic E-state index is 12.1. The number of nitrogens with one attached hydrogen (secondary N) is 1. The molecule has 7 heteroatoms. The Morgan fingerprint density at radius 2 is 1.96 bits per heavy atom. The smallest absolute Gasteiger partial charge is 0.251 e. The van der Waals surface area contributed by atoms with Crippen molar-refractivity contribution in [2.75, 3.05) is 6.54 Å². The molecule has 0 aliphatic carbocycles. The topological polar surface area (TPSA) is 59.8 Å². The molecule has 1 amide bonds. The second-order valence-electron chi connectivity index (χ2n) is 5.45. The van der Waals surface area contributed by atoms with Crippen molar-refractivity contribution >= 4 is 29.1 Å². The van der Waals surface area contributed by atoms with Crippen LogP contribution in [0.4, 0.5) is 0 Å². The molecule has 1 aliphatic rings. The molecule has 0 spiro atoms. The van der Waals surface area contributed by atoms with Crippen molar-refractivity contribution in [3.63, 3.8) is 0 Å². The summed E-state index contributed by atoms with van der Waals surface area (Å²) in [6.07, 6.45) is 7.37. The van der Waals surface area contributed by atoms with E-state index in [4.69, 9.17) is 23.2 Å². The van der Waals surface area contributed by atoms with Gasteiger partial charge in [0.1, 0.15) is 5.82 Å². The van der Waals surface area contributed by atoms with Crippen LogP contribution in [0, 0.1) is 0 Å². The summed E-state index contributed by atoms with van der Waals surface area (Å²) in [5.41, 5.74) is 3.16. The number of rotatable bonds is 2. The van der Waals surface area contributed by atoms with Crippen LogP contribution in [0.3, 0.4) is 0 Å². The number of nitrogens with zero attached hydrogens (tertiary/aromatic N) is 3. The number of halogens is 2. The summed E-state index contributed by atoms with van der Waals surface area (Å²) in [6.45, 7) is 0.670. The van der Waals surface area contributed by atoms with E-state index in [2.05, 4.69) is 15.3 Å². The van der Waals surface area contributed by atoms with E-state index in [9.17, 15) is 4.79 Å². The van der Waals surface area contributed by atoms with E-state index in [0.717, 1.165) is 17.7 Å². The molecule has 1 aromatic carbocycles. The van der Waals surface area contributed by atoms with Crippen LogP contribution >= 0.6 is 23.2 Å². The molecule has 0 saturated heterocycles. The van der Waals surface area contributed by atoms with Crippen LogP contribution in [0.15, 0.2) is 43.0 Å². The number of hydrogen-bond acceptors (Lipinski definition) is 3. The van der Waals surface area contributed by atoms with Crippen molar-refractivity contribution in [3.05, 3.63) is 64.2 Å². The maximum absolute atomic E-state index is 12.1. The molecule has 0 fully saturated rings. The number of benzene rings is 1. The van der Waals surface area contributed by atoms with Gasteiger partial charge in [0.15, 0.2) is 0 Å². The Balaban J connectivity index is 1.87. The number of pyridine rings is 1. The van der Waals surface area contributed by atoms with Gasteiger partial charge in [0.05, 0.1) is 15.6 Å². The van der Waals surface area contributed by atoms with E-state index in [-0.39, 0.29) is 5.91 Å². The van der Waals surface area contributed by atoms with Crippen LogP contribution in [0.2, 0.25) is 10.0 Å². The molecule has 1 aliphatic heterocycles. The summed E-state index contributed by atoms with van der Waals surface area (Å²) in [4.78, 5) is 20.4. The van der Waals surface area contributed by atoms with Gasteiger partial charge in [-0.15, -0.1) is 0 Å². The van der Waals surface area contributed by atoms with Gasteiger partial charge in [0.2, 0.25) is 0 Å². The van der Waals surface area contributed by atoms with Gasteiger partial charge >= 0.3 is 0 Å². The second kappa shape index (κ2) is 5.92. The van der Waals surface area contributed by atoms with E-state index in [1.165, 1.54) is 12.4 Å². The summed E-state index contributed by atoms with van der Waals surface area (Å²) in [5.74, 6) is 0.545. The molecule has 3 aromatic rings. The zero-order valence-electron chi connectivity index (χ0n) is 12.5. The molecule has 0 bridgehead atoms. The second-order valence-corrected chi connectivity index (χ2v) is 6.26. The lowest BCUT2D eigenvalue weighted by Crippen LogP contribution is -2.31. The minimum absolute atomic E-state index is 0.0558. The summed E-state index contributed by atoms with van der Waals surface area (Å²) in [5, 5.41) is 3.70. The minimum atomic E-state index is -0.0558. The average molecular weight is 359 g/mol. The van der Waals surface area contributed by atoms with Crippen LogP contribution in [0.5, 0.6) is 0 Å². The van der Waals surface area contributed by atoms with Crippen LogP contribution in [0.1, 0.15) is 15.9 Å². The summed E-state index contributed by atoms with van der Waals surface area (Å²) >= 11 is 12.5. The maximum Gasteiger partial charge on any atom is 0.251 e. The number of aromatic nitrogens is 3. The van der Waals surface area contributed by atoms with Crippen molar-refractivity contribution < 1.29 is 4.79 Å². The van der Waals surface area contributed by atoms with Gasteiger partial charge in [0, 0.05) is 42.6 Å². The van der Waals surface area contributed by atoms with Gasteiger partial charge in [-0.05, 0) is 24.1 Å². The van der Waals surface area contributed by atoms with E-state index in [1.54, 1.807) is 6.20 Å². The molecule has 120 valence electrons. The normalized spacial score (nSPS) is 13.5. The van der Waals surface area contributed by atoms with Gasteiger partial charge in [-0.2, -0.15) is 0 Å². The average Bonchev–Trinajstić information content (AvgIpc) is 3.04. The monoisotopic (exact) mass is 358 g/mol. The number of carbonyl (C=O) groups excluding carboxylic acids is 1. The van der Waals surface area contributed by atoms with E-state index >= 15 is 0 Å².